The number of carbonyl (C=O) groups is 2. The molecule has 1 aliphatic rings. The van der Waals surface area contributed by atoms with Gasteiger partial charge in [-0.15, -0.1) is 0 Å². The first-order chi connectivity index (χ1) is 15.6. The molecule has 0 radical (unpaired) electrons. The molecule has 2 aromatic carbocycles. The summed E-state index contributed by atoms with van der Waals surface area (Å²) in [5.74, 6) is -0.537. The zero-order valence-electron chi connectivity index (χ0n) is 19.4. The van der Waals surface area contributed by atoms with E-state index in [1.807, 2.05) is 30.3 Å². The van der Waals surface area contributed by atoms with Crippen molar-refractivity contribution in [2.75, 3.05) is 30.2 Å². The quantitative estimate of drug-likeness (QED) is 0.336. The zero-order valence-corrected chi connectivity index (χ0v) is 20.2. The minimum absolute atomic E-state index is 0.341. The Bertz CT molecular complexity index is 1050. The number of hydrogen-bond donors (Lipinski definition) is 3. The van der Waals surface area contributed by atoms with Gasteiger partial charge in [0, 0.05) is 17.4 Å². The Balaban J connectivity index is 1.75. The number of methoxy groups -OCH3 is 2. The third-order valence-electron chi connectivity index (χ3n) is 4.99. The van der Waals surface area contributed by atoms with E-state index in [1.54, 1.807) is 33.9 Å². The first-order valence-corrected chi connectivity index (χ1v) is 11.0. The van der Waals surface area contributed by atoms with Crippen LogP contribution < -0.4 is 25.4 Å². The molecule has 1 atom stereocenters. The van der Waals surface area contributed by atoms with Gasteiger partial charge in [-0.1, -0.05) is 0 Å². The fourth-order valence-electron chi connectivity index (χ4n) is 3.42. The highest BCUT2D eigenvalue weighted by Gasteiger charge is 2.33. The molecule has 1 heterocycles. The average molecular weight is 472 g/mol. The number of aryl methyl sites for hydroxylation is 1. The van der Waals surface area contributed by atoms with Crippen molar-refractivity contribution in [2.45, 2.75) is 39.2 Å². The van der Waals surface area contributed by atoms with E-state index in [4.69, 9.17) is 26.4 Å². The largest absolute Gasteiger partial charge is 0.497 e. The van der Waals surface area contributed by atoms with Crippen molar-refractivity contribution in [1.29, 1.82) is 0 Å². The standard InChI is InChI=1S/C24H29N3O5S/c1-24(2,3)32-22(29)17-11-6-14-12-19(20(31-5)13-18(14)26-21(17)28)27-23(33)25-15-7-9-16(30-4)10-8-15/h7-10,12-13,17H,6,11H2,1-5H3,(H,26,28)(H2,25,27,33). The van der Waals surface area contributed by atoms with Crippen molar-refractivity contribution in [1.82, 2.24) is 0 Å². The average Bonchev–Trinajstić information content (AvgIpc) is 2.90. The maximum atomic E-state index is 12.7. The van der Waals surface area contributed by atoms with Gasteiger partial charge in [-0.25, -0.2) is 0 Å². The molecule has 9 heteroatoms. The van der Waals surface area contributed by atoms with Gasteiger partial charge in [-0.3, -0.25) is 9.59 Å². The lowest BCUT2D eigenvalue weighted by atomic mass is 9.99. The molecule has 0 saturated heterocycles. The highest BCUT2D eigenvalue weighted by Crippen LogP contribution is 2.35. The fourth-order valence-corrected chi connectivity index (χ4v) is 3.65. The van der Waals surface area contributed by atoms with Gasteiger partial charge in [0.1, 0.15) is 23.0 Å². The third kappa shape index (κ3) is 6.35. The second-order valence-electron chi connectivity index (χ2n) is 8.63. The van der Waals surface area contributed by atoms with Gasteiger partial charge in [0.25, 0.3) is 0 Å². The summed E-state index contributed by atoms with van der Waals surface area (Å²) in [6.07, 6.45) is 0.851. The first-order valence-electron chi connectivity index (χ1n) is 10.6. The summed E-state index contributed by atoms with van der Waals surface area (Å²) in [5, 5.41) is 9.47. The predicted molar refractivity (Wildman–Crippen MR) is 132 cm³/mol. The number of esters is 1. The number of carbonyl (C=O) groups excluding carboxylic acids is 2. The lowest BCUT2D eigenvalue weighted by Crippen LogP contribution is -2.35. The van der Waals surface area contributed by atoms with Crippen LogP contribution in [0.2, 0.25) is 0 Å². The summed E-state index contributed by atoms with van der Waals surface area (Å²) in [5.41, 5.74) is 2.25. The Morgan fingerprint density at radius 2 is 1.79 bits per heavy atom. The monoisotopic (exact) mass is 471 g/mol. The van der Waals surface area contributed by atoms with E-state index >= 15 is 0 Å². The number of nitrogens with one attached hydrogen (secondary N) is 3. The number of ether oxygens (including phenoxy) is 3. The van der Waals surface area contributed by atoms with Crippen LogP contribution in [-0.4, -0.2) is 36.8 Å². The van der Waals surface area contributed by atoms with Crippen LogP contribution in [0.1, 0.15) is 32.8 Å². The first kappa shape index (κ1) is 24.3. The van der Waals surface area contributed by atoms with Gasteiger partial charge >= 0.3 is 5.97 Å². The molecule has 0 fully saturated rings. The van der Waals surface area contributed by atoms with Crippen molar-refractivity contribution in [3.63, 3.8) is 0 Å². The van der Waals surface area contributed by atoms with E-state index < -0.39 is 17.5 Å². The Kier molecular flexibility index (Phi) is 7.43. The number of benzene rings is 2. The molecule has 2 aromatic rings. The van der Waals surface area contributed by atoms with Crippen molar-refractivity contribution in [2.24, 2.45) is 5.92 Å². The second kappa shape index (κ2) is 10.1. The number of amides is 1. The van der Waals surface area contributed by atoms with Crippen LogP contribution in [0, 0.1) is 5.92 Å². The van der Waals surface area contributed by atoms with Crippen molar-refractivity contribution < 1.29 is 23.8 Å². The summed E-state index contributed by atoms with van der Waals surface area (Å²) < 4.78 is 16.1. The molecule has 3 rings (SSSR count). The molecule has 3 N–H and O–H groups in total. The molecule has 1 amide bonds. The molecular formula is C24H29N3O5S. The van der Waals surface area contributed by atoms with Crippen LogP contribution in [0.5, 0.6) is 11.5 Å². The number of rotatable bonds is 5. The summed E-state index contributed by atoms with van der Waals surface area (Å²) >= 11 is 5.45. The van der Waals surface area contributed by atoms with E-state index in [1.165, 1.54) is 7.11 Å². The Morgan fingerprint density at radius 3 is 2.39 bits per heavy atom. The smallest absolute Gasteiger partial charge is 0.319 e. The summed E-state index contributed by atoms with van der Waals surface area (Å²) in [4.78, 5) is 25.2. The molecule has 0 bridgehead atoms. The van der Waals surface area contributed by atoms with Gasteiger partial charge in [0.05, 0.1) is 19.9 Å². The van der Waals surface area contributed by atoms with Crippen molar-refractivity contribution >= 4 is 46.3 Å². The van der Waals surface area contributed by atoms with E-state index in [0.717, 1.165) is 17.0 Å². The van der Waals surface area contributed by atoms with Crippen molar-refractivity contribution in [3.8, 4) is 11.5 Å². The van der Waals surface area contributed by atoms with E-state index in [-0.39, 0.29) is 5.91 Å². The van der Waals surface area contributed by atoms with E-state index in [9.17, 15) is 9.59 Å². The molecule has 0 saturated carbocycles. The summed E-state index contributed by atoms with van der Waals surface area (Å²) in [7, 11) is 3.15. The summed E-state index contributed by atoms with van der Waals surface area (Å²) in [6, 6.07) is 11.0. The maximum Gasteiger partial charge on any atom is 0.319 e. The molecular weight excluding hydrogens is 442 g/mol. The second-order valence-corrected chi connectivity index (χ2v) is 9.04. The Labute approximate surface area is 199 Å². The van der Waals surface area contributed by atoms with Crippen LogP contribution >= 0.6 is 12.2 Å². The predicted octanol–water partition coefficient (Wildman–Crippen LogP) is 4.36. The SMILES string of the molecule is COc1ccc(NC(=S)Nc2cc3c(cc2OC)NC(=O)C(C(=O)OC(C)(C)C)CC3)cc1. The molecule has 33 heavy (non-hydrogen) atoms. The number of fused-ring (bicyclic) bond motifs is 1. The molecule has 0 aromatic heterocycles. The number of hydrogen-bond acceptors (Lipinski definition) is 6. The van der Waals surface area contributed by atoms with Crippen LogP contribution in [0.15, 0.2) is 36.4 Å². The van der Waals surface area contributed by atoms with Gasteiger partial charge in [-0.2, -0.15) is 0 Å². The molecule has 0 spiro atoms. The van der Waals surface area contributed by atoms with E-state index in [2.05, 4.69) is 16.0 Å². The van der Waals surface area contributed by atoms with E-state index in [0.29, 0.717) is 35.1 Å². The highest BCUT2D eigenvalue weighted by molar-refractivity contribution is 7.80. The minimum Gasteiger partial charge on any atom is -0.497 e. The fraction of sp³-hybridized carbons (Fsp3) is 0.375. The van der Waals surface area contributed by atoms with Gasteiger partial charge in [0.15, 0.2) is 5.11 Å². The molecule has 0 aliphatic carbocycles. The number of anilines is 3. The highest BCUT2D eigenvalue weighted by atomic mass is 32.1. The topological polar surface area (TPSA) is 97.9 Å². The van der Waals surface area contributed by atoms with Crippen LogP contribution in [0.25, 0.3) is 0 Å². The van der Waals surface area contributed by atoms with Crippen LogP contribution in [0.3, 0.4) is 0 Å². The van der Waals surface area contributed by atoms with Gasteiger partial charge < -0.3 is 30.2 Å². The Morgan fingerprint density at radius 1 is 1.09 bits per heavy atom. The molecule has 1 aliphatic heterocycles. The molecule has 1 unspecified atom stereocenters. The minimum atomic E-state index is -0.878. The maximum absolute atomic E-state index is 12.7. The van der Waals surface area contributed by atoms with Gasteiger partial charge in [-0.05, 0) is 81.7 Å². The lowest BCUT2D eigenvalue weighted by Gasteiger charge is -2.22. The van der Waals surface area contributed by atoms with Crippen LogP contribution in [0.4, 0.5) is 17.1 Å². The lowest BCUT2D eigenvalue weighted by molar-refractivity contribution is -0.161. The van der Waals surface area contributed by atoms with Crippen LogP contribution in [-0.2, 0) is 20.7 Å². The Hall–Kier alpha value is -3.33. The molecule has 176 valence electrons. The third-order valence-corrected chi connectivity index (χ3v) is 5.19. The van der Waals surface area contributed by atoms with Crippen molar-refractivity contribution in [3.05, 3.63) is 42.0 Å². The molecule has 8 nitrogen and oxygen atoms in total. The normalized spacial score (nSPS) is 15.4. The van der Waals surface area contributed by atoms with Gasteiger partial charge in [0.2, 0.25) is 5.91 Å². The number of thiocarbonyl (C=S) groups is 1. The summed E-state index contributed by atoms with van der Waals surface area (Å²) in [6.45, 7) is 5.33. The zero-order chi connectivity index (χ0) is 24.2.